The highest BCUT2D eigenvalue weighted by molar-refractivity contribution is 6.31. The number of methoxy groups -OCH3 is 1. The fraction of sp³-hybridized carbons (Fsp3) is 0.462. The lowest BCUT2D eigenvalue weighted by Gasteiger charge is -2.22. The number of benzene rings is 1. The van der Waals surface area contributed by atoms with E-state index >= 15 is 0 Å². The van der Waals surface area contributed by atoms with Crippen molar-refractivity contribution >= 4 is 23.1 Å². The Morgan fingerprint density at radius 2 is 2.03 bits per heavy atom. The van der Waals surface area contributed by atoms with E-state index in [0.29, 0.717) is 24.0 Å². The van der Waals surface area contributed by atoms with Crippen LogP contribution in [0, 0.1) is 11.3 Å². The average Bonchev–Trinajstić information content (AvgIpc) is 3.47. The van der Waals surface area contributed by atoms with Gasteiger partial charge in [-0.15, -0.1) is 0 Å². The highest BCUT2D eigenvalue weighted by atomic mass is 35.5. The summed E-state index contributed by atoms with van der Waals surface area (Å²) in [5, 5.41) is 0.588. The Kier molecular flexibility index (Phi) is 6.59. The summed E-state index contributed by atoms with van der Waals surface area (Å²) in [6.45, 7) is 5.11. The van der Waals surface area contributed by atoms with E-state index in [1.807, 2.05) is 44.2 Å². The number of carbonyl (C=O) groups excluding carboxylic acids is 1. The molecule has 1 aliphatic carbocycles. The molecule has 0 spiro atoms. The van der Waals surface area contributed by atoms with Crippen LogP contribution in [0.25, 0.3) is 5.57 Å². The molecule has 6 heteroatoms. The summed E-state index contributed by atoms with van der Waals surface area (Å²) < 4.78 is 10.5. The molecule has 0 bridgehead atoms. The van der Waals surface area contributed by atoms with Gasteiger partial charge in [0.15, 0.2) is 0 Å². The highest BCUT2D eigenvalue weighted by Crippen LogP contribution is 2.38. The number of hydrogen-bond donors (Lipinski definition) is 1. The Morgan fingerprint density at radius 1 is 1.25 bits per heavy atom. The molecule has 1 aliphatic heterocycles. The van der Waals surface area contributed by atoms with Gasteiger partial charge in [0.05, 0.1) is 19.1 Å². The zero-order valence-corrected chi connectivity index (χ0v) is 19.6. The van der Waals surface area contributed by atoms with E-state index in [4.69, 9.17) is 21.1 Å². The second-order valence-corrected chi connectivity index (χ2v) is 9.90. The Hall–Kier alpha value is -2.37. The molecule has 1 unspecified atom stereocenters. The SMILES string of the molecule is COC(=O)C(C)(C)Cc1ccc(/C(=C\C2CCOC2)c2ccc(C3CC3)c(=O)[nH]2)cc1Cl. The van der Waals surface area contributed by atoms with E-state index in [1.54, 1.807) is 0 Å². The summed E-state index contributed by atoms with van der Waals surface area (Å²) in [5.74, 6) is 0.413. The van der Waals surface area contributed by atoms with Crippen molar-refractivity contribution in [2.45, 2.75) is 45.4 Å². The van der Waals surface area contributed by atoms with Crippen LogP contribution in [0.5, 0.6) is 0 Å². The van der Waals surface area contributed by atoms with Crippen molar-refractivity contribution in [1.29, 1.82) is 0 Å². The van der Waals surface area contributed by atoms with E-state index in [1.165, 1.54) is 7.11 Å². The standard InChI is InChI=1S/C26H30ClNO4/c1-26(2,25(30)31-3)14-19-7-6-18(13-22(19)27)21(12-16-10-11-32-15-16)23-9-8-20(17-4-5-17)24(29)28-23/h6-9,12-13,16-17H,4-5,10-11,14-15H2,1-3H3,(H,28,29)/b21-12+. The van der Waals surface area contributed by atoms with Crippen molar-refractivity contribution in [3.63, 3.8) is 0 Å². The third-order valence-corrected chi connectivity index (χ3v) is 6.70. The fourth-order valence-electron chi connectivity index (χ4n) is 4.30. The van der Waals surface area contributed by atoms with Crippen LogP contribution in [-0.4, -0.2) is 31.3 Å². The van der Waals surface area contributed by atoms with Crippen LogP contribution in [0.3, 0.4) is 0 Å². The van der Waals surface area contributed by atoms with Crippen LogP contribution in [0.2, 0.25) is 5.02 Å². The maximum atomic E-state index is 12.7. The van der Waals surface area contributed by atoms with E-state index in [-0.39, 0.29) is 17.4 Å². The molecule has 0 amide bonds. The molecule has 2 heterocycles. The van der Waals surface area contributed by atoms with Crippen molar-refractivity contribution in [2.24, 2.45) is 11.3 Å². The minimum absolute atomic E-state index is 0.0129. The minimum atomic E-state index is -0.677. The predicted molar refractivity (Wildman–Crippen MR) is 126 cm³/mol. The summed E-state index contributed by atoms with van der Waals surface area (Å²) in [6, 6.07) is 9.83. The molecule has 1 N–H and O–H groups in total. The number of esters is 1. The first-order valence-corrected chi connectivity index (χ1v) is 11.6. The summed E-state index contributed by atoms with van der Waals surface area (Å²) in [5.41, 5.74) is 3.72. The molecule has 170 valence electrons. The van der Waals surface area contributed by atoms with Gasteiger partial charge in [-0.2, -0.15) is 0 Å². The number of nitrogens with one attached hydrogen (secondary N) is 1. The molecule has 1 aromatic heterocycles. The van der Waals surface area contributed by atoms with Gasteiger partial charge in [-0.25, -0.2) is 0 Å². The van der Waals surface area contributed by atoms with Crippen LogP contribution in [0.4, 0.5) is 0 Å². The Labute approximate surface area is 193 Å². The molecule has 0 radical (unpaired) electrons. The smallest absolute Gasteiger partial charge is 0.311 e. The number of aromatic nitrogens is 1. The monoisotopic (exact) mass is 455 g/mol. The first-order valence-electron chi connectivity index (χ1n) is 11.2. The van der Waals surface area contributed by atoms with Crippen LogP contribution in [0.15, 0.2) is 41.2 Å². The van der Waals surface area contributed by atoms with Crippen LogP contribution in [-0.2, 0) is 20.7 Å². The van der Waals surface area contributed by atoms with Crippen molar-refractivity contribution < 1.29 is 14.3 Å². The van der Waals surface area contributed by atoms with Crippen LogP contribution < -0.4 is 5.56 Å². The molecule has 1 saturated carbocycles. The molecule has 2 aliphatic rings. The maximum absolute atomic E-state index is 12.7. The zero-order valence-electron chi connectivity index (χ0n) is 18.9. The van der Waals surface area contributed by atoms with Crippen LogP contribution >= 0.6 is 11.6 Å². The van der Waals surface area contributed by atoms with Gasteiger partial charge in [0.25, 0.3) is 5.56 Å². The van der Waals surface area contributed by atoms with Gasteiger partial charge >= 0.3 is 5.97 Å². The van der Waals surface area contributed by atoms with E-state index in [2.05, 4.69) is 11.1 Å². The summed E-state index contributed by atoms with van der Waals surface area (Å²) in [6.07, 6.45) is 5.78. The molecular formula is C26H30ClNO4. The molecule has 5 nitrogen and oxygen atoms in total. The van der Waals surface area contributed by atoms with Gasteiger partial charge in [0, 0.05) is 34.4 Å². The van der Waals surface area contributed by atoms with E-state index in [9.17, 15) is 9.59 Å². The number of ether oxygens (including phenoxy) is 2. The lowest BCUT2D eigenvalue weighted by Crippen LogP contribution is -2.28. The van der Waals surface area contributed by atoms with Gasteiger partial charge in [-0.1, -0.05) is 35.9 Å². The third-order valence-electron chi connectivity index (χ3n) is 6.35. The molecule has 32 heavy (non-hydrogen) atoms. The van der Waals surface area contributed by atoms with Gasteiger partial charge in [0.2, 0.25) is 0 Å². The summed E-state index contributed by atoms with van der Waals surface area (Å²) in [4.78, 5) is 27.9. The second kappa shape index (κ2) is 9.24. The van der Waals surface area contributed by atoms with Crippen molar-refractivity contribution in [3.05, 3.63) is 74.2 Å². The molecule has 2 fully saturated rings. The van der Waals surface area contributed by atoms with Gasteiger partial charge < -0.3 is 14.5 Å². The first-order chi connectivity index (χ1) is 15.3. The topological polar surface area (TPSA) is 68.4 Å². The lowest BCUT2D eigenvalue weighted by molar-refractivity contribution is -0.150. The summed E-state index contributed by atoms with van der Waals surface area (Å²) in [7, 11) is 1.40. The zero-order chi connectivity index (χ0) is 22.9. The van der Waals surface area contributed by atoms with Gasteiger partial charge in [-0.05, 0) is 68.7 Å². The number of rotatable bonds is 7. The Morgan fingerprint density at radius 3 is 2.62 bits per heavy atom. The number of H-pyrrole nitrogens is 1. The third kappa shape index (κ3) is 5.00. The molecule has 1 saturated heterocycles. The van der Waals surface area contributed by atoms with E-state index < -0.39 is 5.41 Å². The van der Waals surface area contributed by atoms with Crippen molar-refractivity contribution in [3.8, 4) is 0 Å². The predicted octanol–water partition coefficient (Wildman–Crippen LogP) is 5.12. The normalized spacial score (nSPS) is 19.2. The molecule has 4 rings (SSSR count). The largest absolute Gasteiger partial charge is 0.469 e. The van der Waals surface area contributed by atoms with Gasteiger partial charge in [0.1, 0.15) is 0 Å². The maximum Gasteiger partial charge on any atom is 0.311 e. The van der Waals surface area contributed by atoms with Gasteiger partial charge in [-0.3, -0.25) is 9.59 Å². The highest BCUT2D eigenvalue weighted by Gasteiger charge is 2.30. The van der Waals surface area contributed by atoms with Crippen molar-refractivity contribution in [2.75, 3.05) is 20.3 Å². The minimum Gasteiger partial charge on any atom is -0.469 e. The van der Waals surface area contributed by atoms with E-state index in [0.717, 1.165) is 53.8 Å². The number of pyridine rings is 1. The molecular weight excluding hydrogens is 426 g/mol. The van der Waals surface area contributed by atoms with Crippen LogP contribution in [0.1, 0.15) is 61.4 Å². The first kappa shape index (κ1) is 22.8. The fourth-order valence-corrected chi connectivity index (χ4v) is 4.55. The Bertz CT molecular complexity index is 1090. The quantitative estimate of drug-likeness (QED) is 0.588. The number of halogens is 1. The number of hydrogen-bond acceptors (Lipinski definition) is 4. The average molecular weight is 456 g/mol. The summed E-state index contributed by atoms with van der Waals surface area (Å²) >= 11 is 6.66. The number of aromatic amines is 1. The van der Waals surface area contributed by atoms with Crippen molar-refractivity contribution in [1.82, 2.24) is 4.98 Å². The molecule has 2 aromatic rings. The molecule has 1 aromatic carbocycles. The number of carbonyl (C=O) groups is 1. The Balaban J connectivity index is 1.69. The second-order valence-electron chi connectivity index (χ2n) is 9.49. The lowest BCUT2D eigenvalue weighted by atomic mass is 9.85. The molecule has 1 atom stereocenters.